The van der Waals surface area contributed by atoms with Crippen LogP contribution in [0, 0.1) is 0 Å². The van der Waals surface area contributed by atoms with Gasteiger partial charge in [-0.2, -0.15) is 0 Å². The summed E-state index contributed by atoms with van der Waals surface area (Å²) in [4.78, 5) is 22.0. The Morgan fingerprint density at radius 2 is 1.30 bits per heavy atom. The zero-order valence-corrected chi connectivity index (χ0v) is 18.0. The summed E-state index contributed by atoms with van der Waals surface area (Å²) in [6.45, 7) is 3.65. The quantitative estimate of drug-likeness (QED) is 0.0710. The van der Waals surface area contributed by atoms with Crippen LogP contribution in [0.5, 0.6) is 0 Å². The number of aliphatic carboxylic acids is 1. The van der Waals surface area contributed by atoms with Crippen LogP contribution in [-0.2, 0) is 31.4 Å². The van der Waals surface area contributed by atoms with Gasteiger partial charge in [0.15, 0.2) is 0 Å². The number of carboxylic acids is 1. The molecule has 0 aliphatic carbocycles. The van der Waals surface area contributed by atoms with Crippen molar-refractivity contribution in [1.82, 2.24) is 0 Å². The smallest absolute Gasteiger partial charge is 0.334 e. The summed E-state index contributed by atoms with van der Waals surface area (Å²) in [5, 5.41) is 8.65. The number of hydrogen-bond acceptors (Lipinski definition) is 3. The molecule has 0 fully saturated rings. The predicted molar refractivity (Wildman–Crippen MR) is 107 cm³/mol. The Morgan fingerprint density at radius 3 is 1.81 bits per heavy atom. The van der Waals surface area contributed by atoms with Crippen LogP contribution in [0.15, 0.2) is 24.0 Å². The minimum atomic E-state index is -1.07. The van der Waals surface area contributed by atoms with E-state index in [1.165, 1.54) is 64.7 Å². The maximum Gasteiger partial charge on any atom is 0.334 e. The minimum absolute atomic E-state index is 0. The first-order chi connectivity index (χ1) is 12.6. The second-order valence-electron chi connectivity index (χ2n) is 6.93. The van der Waals surface area contributed by atoms with Crippen molar-refractivity contribution in [3.63, 3.8) is 0 Å². The molecule has 27 heavy (non-hydrogen) atoms. The molecule has 0 saturated carbocycles. The van der Waals surface area contributed by atoms with Crippen LogP contribution in [0.25, 0.3) is 0 Å². The summed E-state index contributed by atoms with van der Waals surface area (Å²) in [6, 6.07) is 0. The van der Waals surface area contributed by atoms with E-state index in [0.29, 0.717) is 6.42 Å². The zero-order chi connectivity index (χ0) is 19.5. The molecule has 0 saturated heterocycles. The Labute approximate surface area is 176 Å². The summed E-state index contributed by atoms with van der Waals surface area (Å²) in [6.07, 6.45) is 21.8. The van der Waals surface area contributed by atoms with Crippen molar-refractivity contribution in [2.24, 2.45) is 0 Å². The fraction of sp³-hybridized carbons (Fsp3) is 0.727. The first-order valence-corrected chi connectivity index (χ1v) is 10.3. The van der Waals surface area contributed by atoms with Crippen LogP contribution >= 0.6 is 0 Å². The molecule has 0 aliphatic rings. The van der Waals surface area contributed by atoms with Crippen LogP contribution in [0.2, 0.25) is 0 Å². The van der Waals surface area contributed by atoms with Gasteiger partial charge in [0.05, 0.1) is 5.57 Å². The van der Waals surface area contributed by atoms with Crippen LogP contribution < -0.4 is 0 Å². The van der Waals surface area contributed by atoms with E-state index in [1.807, 2.05) is 0 Å². The van der Waals surface area contributed by atoms with Crippen LogP contribution in [0.3, 0.4) is 0 Å². The minimum Gasteiger partial charge on any atom is -0.478 e. The van der Waals surface area contributed by atoms with Crippen molar-refractivity contribution in [2.45, 2.75) is 104 Å². The monoisotopic (exact) mass is 429 g/mol. The van der Waals surface area contributed by atoms with Crippen molar-refractivity contribution in [3.05, 3.63) is 24.0 Å². The average Bonchev–Trinajstić information content (AvgIpc) is 2.62. The molecule has 161 valence electrons. The molecular weight excluding hydrogens is 392 g/mol. The fourth-order valence-electron chi connectivity index (χ4n) is 2.60. The molecule has 1 radical (unpaired) electrons. The molecule has 0 amide bonds. The number of rotatable bonds is 17. The number of unbranched alkanes of at least 4 members (excludes halogenated alkanes) is 11. The zero-order valence-electron chi connectivity index (χ0n) is 17.1. The van der Waals surface area contributed by atoms with Gasteiger partial charge in [0.2, 0.25) is 0 Å². The molecule has 0 aromatic carbocycles. The normalized spacial score (nSPS) is 11.4. The third-order valence-corrected chi connectivity index (χ3v) is 4.35. The number of hydrogen-bond donors (Lipinski definition) is 1. The summed E-state index contributed by atoms with van der Waals surface area (Å²) < 4.78 is 4.79. The standard InChI is InChI=1S/C22H38O4.Cu/c1-3-4-5-6-7-8-9-10-11-12-13-14-15-16-17-18-21(23)26-19-20(2)22(24)25;/h10-11,19H,3-9,12-18H2,1-2H3,(H,24,25);/b11-10+,20-19?;. The van der Waals surface area contributed by atoms with Crippen molar-refractivity contribution < 1.29 is 36.5 Å². The number of esters is 1. The van der Waals surface area contributed by atoms with E-state index in [0.717, 1.165) is 31.9 Å². The van der Waals surface area contributed by atoms with E-state index in [2.05, 4.69) is 19.1 Å². The maximum atomic E-state index is 11.4. The second-order valence-corrected chi connectivity index (χ2v) is 6.93. The predicted octanol–water partition coefficient (Wildman–Crippen LogP) is 6.55. The van der Waals surface area contributed by atoms with Crippen molar-refractivity contribution in [2.75, 3.05) is 0 Å². The molecule has 0 aromatic rings. The van der Waals surface area contributed by atoms with Crippen molar-refractivity contribution >= 4 is 11.9 Å². The molecule has 0 rings (SSSR count). The molecule has 0 aromatic heterocycles. The van der Waals surface area contributed by atoms with Gasteiger partial charge in [-0.05, 0) is 39.0 Å². The summed E-state index contributed by atoms with van der Waals surface area (Å²) in [5.41, 5.74) is 0.0305. The molecule has 0 spiro atoms. The van der Waals surface area contributed by atoms with Gasteiger partial charge < -0.3 is 9.84 Å². The van der Waals surface area contributed by atoms with Gasteiger partial charge in [-0.15, -0.1) is 0 Å². The molecular formula is C22H38CuO4. The molecule has 5 heteroatoms. The van der Waals surface area contributed by atoms with Gasteiger partial charge in [0.1, 0.15) is 6.26 Å². The summed E-state index contributed by atoms with van der Waals surface area (Å²) >= 11 is 0. The van der Waals surface area contributed by atoms with Crippen LogP contribution in [-0.4, -0.2) is 17.0 Å². The van der Waals surface area contributed by atoms with Crippen LogP contribution in [0.4, 0.5) is 0 Å². The summed E-state index contributed by atoms with van der Waals surface area (Å²) in [7, 11) is 0. The van der Waals surface area contributed by atoms with E-state index in [-0.39, 0.29) is 28.6 Å². The fourth-order valence-corrected chi connectivity index (χ4v) is 2.60. The van der Waals surface area contributed by atoms with Crippen LogP contribution in [0.1, 0.15) is 104 Å². The molecule has 0 heterocycles. The Hall–Kier alpha value is -1.06. The third-order valence-electron chi connectivity index (χ3n) is 4.35. The molecule has 0 unspecified atom stereocenters. The maximum absolute atomic E-state index is 11.4. The number of carboxylic acid groups (broad SMARTS) is 1. The largest absolute Gasteiger partial charge is 0.478 e. The molecule has 4 nitrogen and oxygen atoms in total. The molecule has 1 N–H and O–H groups in total. The SMILES string of the molecule is CCCCCCCC/C=C/CCCCCCCC(=O)OC=C(C)C(=O)O.[Cu]. The Morgan fingerprint density at radius 1 is 0.815 bits per heavy atom. The molecule has 0 bridgehead atoms. The van der Waals surface area contributed by atoms with E-state index in [9.17, 15) is 9.59 Å². The van der Waals surface area contributed by atoms with Gasteiger partial charge in [-0.25, -0.2) is 4.79 Å². The summed E-state index contributed by atoms with van der Waals surface area (Å²) in [5.74, 6) is -1.43. The van der Waals surface area contributed by atoms with Gasteiger partial charge in [-0.3, -0.25) is 4.79 Å². The molecule has 0 aliphatic heterocycles. The van der Waals surface area contributed by atoms with E-state index >= 15 is 0 Å². The topological polar surface area (TPSA) is 63.6 Å². The Bertz CT molecular complexity index is 430. The van der Waals surface area contributed by atoms with Gasteiger partial charge in [0, 0.05) is 23.5 Å². The Balaban J connectivity index is 0. The van der Waals surface area contributed by atoms with Gasteiger partial charge >= 0.3 is 11.9 Å². The number of allylic oxidation sites excluding steroid dienone is 2. The Kier molecular flexibility index (Phi) is 22.1. The first kappa shape index (κ1) is 28.2. The molecule has 0 atom stereocenters. The van der Waals surface area contributed by atoms with Gasteiger partial charge in [0.25, 0.3) is 0 Å². The number of carbonyl (C=O) groups is 2. The second kappa shape index (κ2) is 21.2. The van der Waals surface area contributed by atoms with E-state index < -0.39 is 5.97 Å². The first-order valence-electron chi connectivity index (χ1n) is 10.3. The van der Waals surface area contributed by atoms with Crippen molar-refractivity contribution in [3.8, 4) is 0 Å². The van der Waals surface area contributed by atoms with E-state index in [4.69, 9.17) is 9.84 Å². The number of ether oxygens (including phenoxy) is 1. The van der Waals surface area contributed by atoms with Crippen molar-refractivity contribution in [1.29, 1.82) is 0 Å². The average molecular weight is 430 g/mol. The van der Waals surface area contributed by atoms with Gasteiger partial charge in [-0.1, -0.05) is 70.4 Å². The third kappa shape index (κ3) is 21.1. The van der Waals surface area contributed by atoms with E-state index in [1.54, 1.807) is 0 Å². The number of carbonyl (C=O) groups excluding carboxylic acids is 1.